The molecule has 3 N–H and O–H groups in total. The van der Waals surface area contributed by atoms with E-state index in [0.29, 0.717) is 5.69 Å². The lowest BCUT2D eigenvalue weighted by Gasteiger charge is -2.19. The number of hydrogen-bond donors (Lipinski definition) is 3. The van der Waals surface area contributed by atoms with Crippen LogP contribution in [0.5, 0.6) is 0 Å². The summed E-state index contributed by atoms with van der Waals surface area (Å²) in [7, 11) is -3.70. The minimum absolute atomic E-state index is 0.0519. The van der Waals surface area contributed by atoms with Crippen molar-refractivity contribution < 1.29 is 18.4 Å². The van der Waals surface area contributed by atoms with Crippen LogP contribution in [0.25, 0.3) is 16.2 Å². The van der Waals surface area contributed by atoms with Gasteiger partial charge in [0.25, 0.3) is 15.9 Å². The Labute approximate surface area is 173 Å². The first-order valence-corrected chi connectivity index (χ1v) is 11.2. The van der Waals surface area contributed by atoms with Crippen molar-refractivity contribution in [2.24, 2.45) is 0 Å². The maximum absolute atomic E-state index is 12.7. The van der Waals surface area contributed by atoms with E-state index in [-0.39, 0.29) is 10.3 Å². The van der Waals surface area contributed by atoms with Crippen molar-refractivity contribution in [3.05, 3.63) is 65.0 Å². The SMILES string of the molecule is CC(C)(C)c1ccc(S(=O)(=O)Nc2ccc3sc(/C=C/C(=O)NO)cc3c2)cc1. The molecule has 0 atom stereocenters. The van der Waals surface area contributed by atoms with Gasteiger partial charge in [0.2, 0.25) is 0 Å². The molecule has 0 aliphatic carbocycles. The number of rotatable bonds is 5. The average Bonchev–Trinajstić information content (AvgIpc) is 3.07. The van der Waals surface area contributed by atoms with Crippen LogP contribution in [0.3, 0.4) is 0 Å². The van der Waals surface area contributed by atoms with E-state index in [4.69, 9.17) is 5.21 Å². The van der Waals surface area contributed by atoms with E-state index >= 15 is 0 Å². The van der Waals surface area contributed by atoms with Gasteiger partial charge in [0.05, 0.1) is 4.90 Å². The van der Waals surface area contributed by atoms with Crippen molar-refractivity contribution in [1.29, 1.82) is 0 Å². The molecular weight excluding hydrogens is 408 g/mol. The molecule has 0 fully saturated rings. The highest BCUT2D eigenvalue weighted by atomic mass is 32.2. The summed E-state index contributed by atoms with van der Waals surface area (Å²) in [5.74, 6) is -0.617. The van der Waals surface area contributed by atoms with Gasteiger partial charge in [0.1, 0.15) is 0 Å². The zero-order chi connectivity index (χ0) is 21.2. The summed E-state index contributed by atoms with van der Waals surface area (Å²) in [6, 6.07) is 14.0. The van der Waals surface area contributed by atoms with Gasteiger partial charge in [0.15, 0.2) is 0 Å². The van der Waals surface area contributed by atoms with Crippen molar-refractivity contribution in [1.82, 2.24) is 5.48 Å². The Hall–Kier alpha value is -2.68. The molecule has 0 spiro atoms. The Kier molecular flexibility index (Phi) is 5.79. The molecule has 2 aromatic carbocycles. The summed E-state index contributed by atoms with van der Waals surface area (Å²) in [4.78, 5) is 12.1. The normalized spacial score (nSPS) is 12.4. The zero-order valence-electron chi connectivity index (χ0n) is 16.3. The molecule has 0 unspecified atom stereocenters. The standard InChI is InChI=1S/C21H22N2O4S2/c1-21(2,3)15-4-8-18(9-5-15)29(26,27)23-16-6-10-19-14(12-16)13-17(28-19)7-11-20(24)22-25/h4-13,23,25H,1-3H3,(H,22,24)/b11-7+. The lowest BCUT2D eigenvalue weighted by molar-refractivity contribution is -0.124. The Morgan fingerprint density at radius 1 is 1.07 bits per heavy atom. The summed E-state index contributed by atoms with van der Waals surface area (Å²) in [6.07, 6.45) is 2.80. The van der Waals surface area contributed by atoms with Gasteiger partial charge < -0.3 is 0 Å². The summed E-state index contributed by atoms with van der Waals surface area (Å²) in [5.41, 5.74) is 3.00. The molecule has 1 amide bonds. The van der Waals surface area contributed by atoms with Crippen molar-refractivity contribution in [3.63, 3.8) is 0 Å². The Balaban J connectivity index is 1.83. The van der Waals surface area contributed by atoms with E-state index < -0.39 is 15.9 Å². The predicted molar refractivity (Wildman–Crippen MR) is 117 cm³/mol. The molecule has 8 heteroatoms. The highest BCUT2D eigenvalue weighted by molar-refractivity contribution is 7.92. The summed E-state index contributed by atoms with van der Waals surface area (Å²) in [6.45, 7) is 6.22. The fourth-order valence-electron chi connectivity index (χ4n) is 2.75. The van der Waals surface area contributed by atoms with Gasteiger partial charge in [-0.1, -0.05) is 32.9 Å². The molecule has 0 aliphatic heterocycles. The van der Waals surface area contributed by atoms with Crippen LogP contribution in [-0.2, 0) is 20.2 Å². The maximum Gasteiger partial charge on any atom is 0.267 e. The van der Waals surface area contributed by atoms with Crippen molar-refractivity contribution in [2.45, 2.75) is 31.1 Å². The third kappa shape index (κ3) is 5.03. The van der Waals surface area contributed by atoms with Gasteiger partial charge in [-0.15, -0.1) is 11.3 Å². The van der Waals surface area contributed by atoms with Crippen LogP contribution in [0.15, 0.2) is 59.5 Å². The van der Waals surface area contributed by atoms with Crippen molar-refractivity contribution >= 4 is 49.1 Å². The average molecular weight is 431 g/mol. The molecule has 3 rings (SSSR count). The predicted octanol–water partition coefficient (Wildman–Crippen LogP) is 4.52. The van der Waals surface area contributed by atoms with Gasteiger partial charge in [-0.05, 0) is 58.8 Å². The maximum atomic E-state index is 12.7. The second-order valence-corrected chi connectivity index (χ2v) is 10.4. The van der Waals surface area contributed by atoms with E-state index in [0.717, 1.165) is 20.5 Å². The number of anilines is 1. The largest absolute Gasteiger partial charge is 0.288 e. The van der Waals surface area contributed by atoms with Gasteiger partial charge in [-0.2, -0.15) is 0 Å². The van der Waals surface area contributed by atoms with Gasteiger partial charge in [-0.3, -0.25) is 14.7 Å². The first-order chi connectivity index (χ1) is 13.6. The first-order valence-electron chi connectivity index (χ1n) is 8.87. The van der Waals surface area contributed by atoms with E-state index in [2.05, 4.69) is 25.5 Å². The van der Waals surface area contributed by atoms with E-state index in [1.807, 2.05) is 24.3 Å². The molecule has 0 aliphatic rings. The molecule has 1 aromatic heterocycles. The van der Waals surface area contributed by atoms with Gasteiger partial charge >= 0.3 is 0 Å². The fourth-order valence-corrected chi connectivity index (χ4v) is 4.75. The Morgan fingerprint density at radius 2 is 1.76 bits per heavy atom. The number of hydroxylamine groups is 1. The molecule has 0 saturated heterocycles. The fraction of sp³-hybridized carbons (Fsp3) is 0.190. The van der Waals surface area contributed by atoms with Crippen molar-refractivity contribution in [2.75, 3.05) is 4.72 Å². The van der Waals surface area contributed by atoms with E-state index in [1.54, 1.807) is 30.3 Å². The summed E-state index contributed by atoms with van der Waals surface area (Å²) >= 11 is 1.45. The van der Waals surface area contributed by atoms with Crippen LogP contribution in [-0.4, -0.2) is 19.5 Å². The third-order valence-corrected chi connectivity index (χ3v) is 6.81. The third-order valence-electron chi connectivity index (χ3n) is 4.33. The highest BCUT2D eigenvalue weighted by Gasteiger charge is 2.18. The van der Waals surface area contributed by atoms with Crippen LogP contribution in [0.2, 0.25) is 0 Å². The zero-order valence-corrected chi connectivity index (χ0v) is 17.9. The molecule has 152 valence electrons. The number of carbonyl (C=O) groups excluding carboxylic acids is 1. The Bertz CT molecular complexity index is 1170. The minimum Gasteiger partial charge on any atom is -0.288 e. The van der Waals surface area contributed by atoms with Crippen LogP contribution >= 0.6 is 11.3 Å². The monoisotopic (exact) mass is 430 g/mol. The van der Waals surface area contributed by atoms with Crippen LogP contribution in [0.4, 0.5) is 5.69 Å². The van der Waals surface area contributed by atoms with Crippen LogP contribution < -0.4 is 10.2 Å². The number of nitrogens with one attached hydrogen (secondary N) is 2. The number of sulfonamides is 1. The number of carbonyl (C=O) groups is 1. The lowest BCUT2D eigenvalue weighted by atomic mass is 9.87. The molecule has 29 heavy (non-hydrogen) atoms. The second-order valence-electron chi connectivity index (χ2n) is 7.59. The first kappa shape index (κ1) is 21.0. The summed E-state index contributed by atoms with van der Waals surface area (Å²) in [5, 5.41) is 9.38. The molecule has 0 bridgehead atoms. The molecular formula is C21H22N2O4S2. The van der Waals surface area contributed by atoms with Gasteiger partial charge in [-0.25, -0.2) is 13.9 Å². The molecule has 1 heterocycles. The number of amides is 1. The molecule has 3 aromatic rings. The minimum atomic E-state index is -3.70. The molecule has 0 radical (unpaired) electrons. The topological polar surface area (TPSA) is 95.5 Å². The van der Waals surface area contributed by atoms with Crippen molar-refractivity contribution in [3.8, 4) is 0 Å². The number of thiophene rings is 1. The number of hydrogen-bond acceptors (Lipinski definition) is 5. The van der Waals surface area contributed by atoms with E-state index in [1.165, 1.54) is 22.9 Å². The lowest BCUT2D eigenvalue weighted by Crippen LogP contribution is -2.14. The van der Waals surface area contributed by atoms with E-state index in [9.17, 15) is 13.2 Å². The summed E-state index contributed by atoms with van der Waals surface area (Å²) < 4.78 is 29.0. The van der Waals surface area contributed by atoms with Crippen LogP contribution in [0, 0.1) is 0 Å². The molecule has 0 saturated carbocycles. The Morgan fingerprint density at radius 3 is 2.38 bits per heavy atom. The number of benzene rings is 2. The highest BCUT2D eigenvalue weighted by Crippen LogP contribution is 2.30. The van der Waals surface area contributed by atoms with Crippen LogP contribution in [0.1, 0.15) is 31.2 Å². The van der Waals surface area contributed by atoms with Gasteiger partial charge in [0, 0.05) is 21.3 Å². The smallest absolute Gasteiger partial charge is 0.267 e. The number of fused-ring (bicyclic) bond motifs is 1. The molecule has 6 nitrogen and oxygen atoms in total. The quantitative estimate of drug-likeness (QED) is 0.315. The second kappa shape index (κ2) is 7.98.